The van der Waals surface area contributed by atoms with Gasteiger partial charge in [0.2, 0.25) is 0 Å². The van der Waals surface area contributed by atoms with Gasteiger partial charge in [-0.15, -0.1) is 0 Å². The van der Waals surface area contributed by atoms with Crippen LogP contribution in [0.25, 0.3) is 10.9 Å². The number of fused-ring (bicyclic) bond motifs is 1. The minimum Gasteiger partial charge on any atom is -0.391 e. The third-order valence-corrected chi connectivity index (χ3v) is 5.64. The van der Waals surface area contributed by atoms with Gasteiger partial charge in [-0.3, -0.25) is 4.79 Å². The highest BCUT2D eigenvalue weighted by Gasteiger charge is 2.17. The number of aryl methyl sites for hydroxylation is 1. The molecule has 1 aliphatic heterocycles. The minimum absolute atomic E-state index is 0.0489. The zero-order valence-corrected chi connectivity index (χ0v) is 16.9. The predicted octanol–water partition coefficient (Wildman–Crippen LogP) is 4.05. The van der Waals surface area contributed by atoms with Crippen LogP contribution >= 0.6 is 0 Å². The molecule has 1 aliphatic rings. The molecule has 0 radical (unpaired) electrons. The van der Waals surface area contributed by atoms with Crippen molar-refractivity contribution in [2.75, 3.05) is 23.3 Å². The molecule has 3 aromatic rings. The van der Waals surface area contributed by atoms with Gasteiger partial charge in [-0.05, 0) is 72.7 Å². The van der Waals surface area contributed by atoms with E-state index in [4.69, 9.17) is 0 Å². The first-order chi connectivity index (χ1) is 14.1. The van der Waals surface area contributed by atoms with E-state index in [-0.39, 0.29) is 11.7 Å². The molecule has 0 unspecified atom stereocenters. The molecule has 5 heteroatoms. The van der Waals surface area contributed by atoms with E-state index >= 15 is 0 Å². The standard InChI is InChI=1S/C24H29N3O2/c1-2-4-17-6-11-23-18(13-17)14-19(24(29)26-23)15-25-20-7-9-21(10-8-20)27-12-3-5-22(28)16-27/h6-11,13-14,22,25,28H,2-5,12,15-16H2,1H3,(H,26,29)/t22-/m1/s1. The van der Waals surface area contributed by atoms with Crippen LogP contribution in [0.15, 0.2) is 53.3 Å². The number of piperidine rings is 1. The molecule has 1 atom stereocenters. The third kappa shape index (κ3) is 4.62. The van der Waals surface area contributed by atoms with Crippen LogP contribution in [0, 0.1) is 0 Å². The molecule has 0 amide bonds. The van der Waals surface area contributed by atoms with Crippen molar-refractivity contribution in [1.29, 1.82) is 0 Å². The highest BCUT2D eigenvalue weighted by atomic mass is 16.3. The lowest BCUT2D eigenvalue weighted by Crippen LogP contribution is -2.38. The molecule has 0 bridgehead atoms. The monoisotopic (exact) mass is 391 g/mol. The zero-order valence-electron chi connectivity index (χ0n) is 16.9. The van der Waals surface area contributed by atoms with Crippen LogP contribution in [-0.2, 0) is 13.0 Å². The lowest BCUT2D eigenvalue weighted by molar-refractivity contribution is 0.154. The number of aromatic nitrogens is 1. The van der Waals surface area contributed by atoms with E-state index in [2.05, 4.69) is 46.4 Å². The van der Waals surface area contributed by atoms with Gasteiger partial charge in [0, 0.05) is 42.1 Å². The Morgan fingerprint density at radius 2 is 2.00 bits per heavy atom. The summed E-state index contributed by atoms with van der Waals surface area (Å²) in [6, 6.07) is 16.4. The molecular weight excluding hydrogens is 362 g/mol. The van der Waals surface area contributed by atoms with E-state index in [1.807, 2.05) is 24.3 Å². The topological polar surface area (TPSA) is 68.4 Å². The fourth-order valence-corrected chi connectivity index (χ4v) is 4.05. The first kappa shape index (κ1) is 19.5. The summed E-state index contributed by atoms with van der Waals surface area (Å²) in [5, 5.41) is 14.3. The molecule has 4 rings (SSSR count). The van der Waals surface area contributed by atoms with E-state index in [1.54, 1.807) is 0 Å². The molecule has 0 spiro atoms. The minimum atomic E-state index is -0.237. The summed E-state index contributed by atoms with van der Waals surface area (Å²) in [4.78, 5) is 17.6. The van der Waals surface area contributed by atoms with Gasteiger partial charge in [0.25, 0.3) is 5.56 Å². The van der Waals surface area contributed by atoms with Crippen LogP contribution in [0.4, 0.5) is 11.4 Å². The van der Waals surface area contributed by atoms with E-state index < -0.39 is 0 Å². The number of H-pyrrole nitrogens is 1. The van der Waals surface area contributed by atoms with E-state index in [0.717, 1.165) is 60.1 Å². The molecule has 2 heterocycles. The largest absolute Gasteiger partial charge is 0.391 e. The van der Waals surface area contributed by atoms with Gasteiger partial charge in [-0.25, -0.2) is 0 Å². The van der Waals surface area contributed by atoms with E-state index in [1.165, 1.54) is 5.56 Å². The number of aliphatic hydroxyl groups is 1. The number of anilines is 2. The summed E-state index contributed by atoms with van der Waals surface area (Å²) in [6.45, 7) is 4.33. The number of rotatable bonds is 6. The first-order valence-corrected chi connectivity index (χ1v) is 10.5. The molecule has 2 aromatic carbocycles. The highest BCUT2D eigenvalue weighted by Crippen LogP contribution is 2.22. The number of aromatic amines is 1. The number of pyridine rings is 1. The third-order valence-electron chi connectivity index (χ3n) is 5.64. The smallest absolute Gasteiger partial charge is 0.253 e. The fourth-order valence-electron chi connectivity index (χ4n) is 4.05. The zero-order chi connectivity index (χ0) is 20.2. The number of β-amino-alcohol motifs (C(OH)–C–C–N with tert-alkyl or cyclic N) is 1. The number of benzene rings is 2. The van der Waals surface area contributed by atoms with Crippen molar-refractivity contribution in [3.8, 4) is 0 Å². The van der Waals surface area contributed by atoms with Crippen LogP contribution in [0.5, 0.6) is 0 Å². The Labute approximate surface area is 171 Å². The van der Waals surface area contributed by atoms with Gasteiger partial charge in [-0.2, -0.15) is 0 Å². The quantitative estimate of drug-likeness (QED) is 0.593. The molecule has 0 saturated carbocycles. The maximum Gasteiger partial charge on any atom is 0.253 e. The Balaban J connectivity index is 1.46. The number of nitrogens with one attached hydrogen (secondary N) is 2. The Morgan fingerprint density at radius 1 is 1.17 bits per heavy atom. The SMILES string of the molecule is CCCc1ccc2[nH]c(=O)c(CNc3ccc(N4CCC[C@@H](O)C4)cc3)cc2c1. The molecule has 152 valence electrons. The Morgan fingerprint density at radius 3 is 2.76 bits per heavy atom. The fraction of sp³-hybridized carbons (Fsp3) is 0.375. The van der Waals surface area contributed by atoms with Gasteiger partial charge >= 0.3 is 0 Å². The molecule has 1 saturated heterocycles. The van der Waals surface area contributed by atoms with Crippen molar-refractivity contribution >= 4 is 22.3 Å². The molecule has 29 heavy (non-hydrogen) atoms. The van der Waals surface area contributed by atoms with Crippen molar-refractivity contribution in [1.82, 2.24) is 4.98 Å². The first-order valence-electron chi connectivity index (χ1n) is 10.5. The second-order valence-electron chi connectivity index (χ2n) is 7.94. The maximum atomic E-state index is 12.4. The van der Waals surface area contributed by atoms with Gasteiger partial charge in [0.15, 0.2) is 0 Å². The molecule has 0 aliphatic carbocycles. The number of aliphatic hydroxyl groups excluding tert-OH is 1. The van der Waals surface area contributed by atoms with Crippen LogP contribution in [-0.4, -0.2) is 29.3 Å². The summed E-state index contributed by atoms with van der Waals surface area (Å²) >= 11 is 0. The molecular formula is C24H29N3O2. The molecule has 5 nitrogen and oxygen atoms in total. The van der Waals surface area contributed by atoms with Gasteiger partial charge in [0.1, 0.15) is 0 Å². The normalized spacial score (nSPS) is 16.9. The highest BCUT2D eigenvalue weighted by molar-refractivity contribution is 5.79. The number of hydrogen-bond donors (Lipinski definition) is 3. The Kier molecular flexibility index (Phi) is 5.86. The lowest BCUT2D eigenvalue weighted by atomic mass is 10.1. The van der Waals surface area contributed by atoms with Crippen LogP contribution < -0.4 is 15.8 Å². The van der Waals surface area contributed by atoms with Crippen LogP contribution in [0.2, 0.25) is 0 Å². The Hall–Kier alpha value is -2.79. The molecule has 3 N–H and O–H groups in total. The molecule has 1 aromatic heterocycles. The summed E-state index contributed by atoms with van der Waals surface area (Å²) < 4.78 is 0. The van der Waals surface area contributed by atoms with Crippen molar-refractivity contribution in [2.45, 2.75) is 45.3 Å². The summed E-state index contributed by atoms with van der Waals surface area (Å²) in [6.07, 6.45) is 3.82. The maximum absolute atomic E-state index is 12.4. The van der Waals surface area contributed by atoms with Crippen molar-refractivity contribution < 1.29 is 5.11 Å². The summed E-state index contributed by atoms with van der Waals surface area (Å²) in [5.74, 6) is 0. The van der Waals surface area contributed by atoms with Gasteiger partial charge in [-0.1, -0.05) is 19.4 Å². The second-order valence-corrected chi connectivity index (χ2v) is 7.94. The lowest BCUT2D eigenvalue weighted by Gasteiger charge is -2.32. The van der Waals surface area contributed by atoms with E-state index in [9.17, 15) is 9.90 Å². The van der Waals surface area contributed by atoms with Crippen LogP contribution in [0.1, 0.15) is 37.3 Å². The average molecular weight is 392 g/mol. The van der Waals surface area contributed by atoms with Crippen molar-refractivity contribution in [3.63, 3.8) is 0 Å². The van der Waals surface area contributed by atoms with Crippen molar-refractivity contribution in [2.24, 2.45) is 0 Å². The predicted molar refractivity (Wildman–Crippen MR) is 120 cm³/mol. The van der Waals surface area contributed by atoms with Crippen LogP contribution in [0.3, 0.4) is 0 Å². The average Bonchev–Trinajstić information content (AvgIpc) is 2.73. The Bertz CT molecular complexity index is 1030. The summed E-state index contributed by atoms with van der Waals surface area (Å²) in [5.41, 5.74) is 4.96. The van der Waals surface area contributed by atoms with Crippen molar-refractivity contribution in [3.05, 3.63) is 70.0 Å². The second kappa shape index (κ2) is 8.70. The molecule has 1 fully saturated rings. The van der Waals surface area contributed by atoms with Gasteiger partial charge in [0.05, 0.1) is 6.10 Å². The number of hydrogen-bond acceptors (Lipinski definition) is 4. The summed E-state index contributed by atoms with van der Waals surface area (Å²) in [7, 11) is 0. The number of nitrogens with zero attached hydrogens (tertiary/aromatic N) is 1. The van der Waals surface area contributed by atoms with Gasteiger partial charge < -0.3 is 20.3 Å². The van der Waals surface area contributed by atoms with E-state index in [0.29, 0.717) is 13.1 Å².